The number of nitrogens with two attached hydrogens (primary N) is 2. The van der Waals surface area contributed by atoms with Crippen LogP contribution in [0, 0.1) is 0 Å². The van der Waals surface area contributed by atoms with Gasteiger partial charge in [-0.05, 0) is 19.4 Å². The summed E-state index contributed by atoms with van der Waals surface area (Å²) in [5.74, 6) is -2.40. The maximum absolute atomic E-state index is 11.4. The third-order valence-electron chi connectivity index (χ3n) is 2.29. The van der Waals surface area contributed by atoms with Crippen LogP contribution in [0.25, 0.3) is 0 Å². The number of aliphatic hydroxyl groups is 3. The summed E-state index contributed by atoms with van der Waals surface area (Å²) >= 11 is 0. The second-order valence-corrected chi connectivity index (χ2v) is 4.04. The molecule has 3 unspecified atom stereocenters. The SMILES string of the molecule is NCCCC(N)OC(=O)C(O)C(O)C(=O)OCCCO. The topological polar surface area (TPSA) is 165 Å². The molecule has 0 saturated carbocycles. The molecule has 0 saturated heterocycles. The Bertz CT molecular complexity index is 300. The fourth-order valence-electron chi connectivity index (χ4n) is 1.18. The molecule has 0 rings (SSSR count). The van der Waals surface area contributed by atoms with Crippen LogP contribution in [-0.4, -0.2) is 65.5 Å². The van der Waals surface area contributed by atoms with Gasteiger partial charge in [0.15, 0.2) is 18.4 Å². The van der Waals surface area contributed by atoms with E-state index in [-0.39, 0.29) is 19.6 Å². The van der Waals surface area contributed by atoms with E-state index in [4.69, 9.17) is 16.6 Å². The van der Waals surface area contributed by atoms with Gasteiger partial charge in [0.05, 0.1) is 6.61 Å². The largest absolute Gasteiger partial charge is 0.464 e. The molecule has 20 heavy (non-hydrogen) atoms. The third kappa shape index (κ3) is 7.36. The van der Waals surface area contributed by atoms with Crippen LogP contribution in [0.4, 0.5) is 0 Å². The minimum absolute atomic E-state index is 0.135. The summed E-state index contributed by atoms with van der Waals surface area (Å²) in [5.41, 5.74) is 10.7. The number of hydrogen-bond donors (Lipinski definition) is 5. The molecule has 0 radical (unpaired) electrons. The molecule has 9 heteroatoms. The number of rotatable bonds is 10. The van der Waals surface area contributed by atoms with Gasteiger partial charge in [-0.1, -0.05) is 0 Å². The van der Waals surface area contributed by atoms with Crippen molar-refractivity contribution >= 4 is 11.9 Å². The summed E-state index contributed by atoms with van der Waals surface area (Å²) in [6.45, 7) is 0.0434. The van der Waals surface area contributed by atoms with E-state index < -0.39 is 30.4 Å². The van der Waals surface area contributed by atoms with Crippen molar-refractivity contribution in [1.82, 2.24) is 0 Å². The Balaban J connectivity index is 4.17. The average molecular weight is 294 g/mol. The molecule has 0 aliphatic rings. The second kappa shape index (κ2) is 10.5. The van der Waals surface area contributed by atoms with Crippen LogP contribution in [0.1, 0.15) is 19.3 Å². The molecular formula is C11H22N2O7. The average Bonchev–Trinajstić information content (AvgIpc) is 2.43. The van der Waals surface area contributed by atoms with Gasteiger partial charge in [0.1, 0.15) is 0 Å². The third-order valence-corrected chi connectivity index (χ3v) is 2.29. The minimum Gasteiger partial charge on any atom is -0.464 e. The van der Waals surface area contributed by atoms with Crippen LogP contribution in [0.2, 0.25) is 0 Å². The first kappa shape index (κ1) is 18.7. The smallest absolute Gasteiger partial charge is 0.339 e. The van der Waals surface area contributed by atoms with E-state index in [0.717, 1.165) is 0 Å². The minimum atomic E-state index is -2.08. The quantitative estimate of drug-likeness (QED) is 0.162. The molecule has 118 valence electrons. The fourth-order valence-corrected chi connectivity index (χ4v) is 1.18. The monoisotopic (exact) mass is 294 g/mol. The van der Waals surface area contributed by atoms with Gasteiger partial charge in [-0.2, -0.15) is 0 Å². The Labute approximate surface area is 116 Å². The van der Waals surface area contributed by atoms with E-state index in [2.05, 4.69) is 9.47 Å². The van der Waals surface area contributed by atoms with Crippen LogP contribution in [-0.2, 0) is 19.1 Å². The fraction of sp³-hybridized carbons (Fsp3) is 0.818. The van der Waals surface area contributed by atoms with Gasteiger partial charge < -0.3 is 30.5 Å². The van der Waals surface area contributed by atoms with Crippen LogP contribution in [0.5, 0.6) is 0 Å². The van der Waals surface area contributed by atoms with Crippen molar-refractivity contribution in [1.29, 1.82) is 0 Å². The Morgan fingerprint density at radius 1 is 1.10 bits per heavy atom. The molecule has 0 heterocycles. The van der Waals surface area contributed by atoms with Crippen molar-refractivity contribution in [2.75, 3.05) is 19.8 Å². The van der Waals surface area contributed by atoms with Gasteiger partial charge >= 0.3 is 11.9 Å². The predicted octanol–water partition coefficient (Wildman–Crippen LogP) is -2.80. The molecule has 7 N–H and O–H groups in total. The lowest BCUT2D eigenvalue weighted by Gasteiger charge is -2.18. The molecule has 0 amide bonds. The zero-order valence-electron chi connectivity index (χ0n) is 11.1. The molecular weight excluding hydrogens is 272 g/mol. The number of carbonyl (C=O) groups excluding carboxylic acids is 2. The summed E-state index contributed by atoms with van der Waals surface area (Å²) in [5, 5.41) is 27.3. The lowest BCUT2D eigenvalue weighted by atomic mass is 10.2. The highest BCUT2D eigenvalue weighted by molar-refractivity contribution is 5.85. The maximum Gasteiger partial charge on any atom is 0.339 e. The standard InChI is InChI=1S/C11H22N2O7/c12-4-1-3-7(13)20-11(18)9(16)8(15)10(17)19-6-2-5-14/h7-9,14-16H,1-6,12-13H2. The van der Waals surface area contributed by atoms with Gasteiger partial charge in [0, 0.05) is 13.0 Å². The zero-order chi connectivity index (χ0) is 15.5. The van der Waals surface area contributed by atoms with E-state index in [0.29, 0.717) is 19.4 Å². The van der Waals surface area contributed by atoms with Gasteiger partial charge in [-0.15, -0.1) is 0 Å². The van der Waals surface area contributed by atoms with E-state index >= 15 is 0 Å². The van der Waals surface area contributed by atoms with Crippen molar-refractivity contribution in [3.63, 3.8) is 0 Å². The van der Waals surface area contributed by atoms with E-state index in [1.165, 1.54) is 0 Å². The molecule has 0 bridgehead atoms. The normalized spacial score (nSPS) is 15.2. The van der Waals surface area contributed by atoms with Crippen molar-refractivity contribution in [3.8, 4) is 0 Å². The summed E-state index contributed by atoms with van der Waals surface area (Å²) < 4.78 is 9.16. The summed E-state index contributed by atoms with van der Waals surface area (Å²) in [6.07, 6.45) is -4.12. The highest BCUT2D eigenvalue weighted by Gasteiger charge is 2.33. The predicted molar refractivity (Wildman–Crippen MR) is 67.0 cm³/mol. The Morgan fingerprint density at radius 3 is 2.25 bits per heavy atom. The molecule has 0 aromatic carbocycles. The number of carbonyl (C=O) groups is 2. The molecule has 0 fully saturated rings. The van der Waals surface area contributed by atoms with Crippen LogP contribution >= 0.6 is 0 Å². The van der Waals surface area contributed by atoms with Gasteiger partial charge in [0.25, 0.3) is 0 Å². The van der Waals surface area contributed by atoms with Crippen LogP contribution < -0.4 is 11.5 Å². The summed E-state index contributed by atoms with van der Waals surface area (Å²) in [6, 6.07) is 0. The highest BCUT2D eigenvalue weighted by Crippen LogP contribution is 2.03. The maximum atomic E-state index is 11.4. The number of hydrogen-bond acceptors (Lipinski definition) is 9. The first-order chi connectivity index (χ1) is 9.43. The molecule has 0 aromatic rings. The molecule has 0 aliphatic carbocycles. The van der Waals surface area contributed by atoms with E-state index in [1.807, 2.05) is 0 Å². The summed E-state index contributed by atoms with van der Waals surface area (Å²) in [7, 11) is 0. The Hall–Kier alpha value is -1.26. The molecule has 0 spiro atoms. The van der Waals surface area contributed by atoms with Crippen LogP contribution in [0.15, 0.2) is 0 Å². The molecule has 9 nitrogen and oxygen atoms in total. The number of esters is 2. The van der Waals surface area contributed by atoms with E-state index in [1.54, 1.807) is 0 Å². The summed E-state index contributed by atoms with van der Waals surface area (Å²) in [4.78, 5) is 22.7. The number of ether oxygens (including phenoxy) is 2. The van der Waals surface area contributed by atoms with Gasteiger partial charge in [-0.25, -0.2) is 9.59 Å². The lowest BCUT2D eigenvalue weighted by molar-refractivity contribution is -0.176. The second-order valence-electron chi connectivity index (χ2n) is 4.04. The first-order valence-electron chi connectivity index (χ1n) is 6.23. The number of aliphatic hydroxyl groups excluding tert-OH is 3. The van der Waals surface area contributed by atoms with Crippen molar-refractivity contribution < 1.29 is 34.4 Å². The highest BCUT2D eigenvalue weighted by atomic mass is 16.6. The van der Waals surface area contributed by atoms with Gasteiger partial charge in [-0.3, -0.25) is 5.73 Å². The van der Waals surface area contributed by atoms with Crippen LogP contribution in [0.3, 0.4) is 0 Å². The van der Waals surface area contributed by atoms with E-state index in [9.17, 15) is 19.8 Å². The molecule has 0 aliphatic heterocycles. The molecule has 3 atom stereocenters. The van der Waals surface area contributed by atoms with Crippen molar-refractivity contribution in [2.24, 2.45) is 11.5 Å². The first-order valence-corrected chi connectivity index (χ1v) is 6.23. The zero-order valence-corrected chi connectivity index (χ0v) is 11.1. The molecule has 0 aromatic heterocycles. The van der Waals surface area contributed by atoms with Gasteiger partial charge in [0.2, 0.25) is 0 Å². The van der Waals surface area contributed by atoms with Crippen molar-refractivity contribution in [3.05, 3.63) is 0 Å². The Morgan fingerprint density at radius 2 is 1.70 bits per heavy atom. The lowest BCUT2D eigenvalue weighted by Crippen LogP contribution is -2.44. The van der Waals surface area contributed by atoms with Crippen molar-refractivity contribution in [2.45, 2.75) is 37.7 Å². The Kier molecular flexibility index (Phi) is 9.86.